The van der Waals surface area contributed by atoms with Gasteiger partial charge in [-0.25, -0.2) is 0 Å². The van der Waals surface area contributed by atoms with Crippen molar-refractivity contribution in [3.05, 3.63) is 59.7 Å². The van der Waals surface area contributed by atoms with Gasteiger partial charge in [0.05, 0.1) is 6.54 Å². The lowest BCUT2D eigenvalue weighted by Gasteiger charge is -2.35. The van der Waals surface area contributed by atoms with Gasteiger partial charge < -0.3 is 9.47 Å². The van der Waals surface area contributed by atoms with Crippen molar-refractivity contribution >= 4 is 17.7 Å². The largest absolute Gasteiger partial charge is 0.427 e. The summed E-state index contributed by atoms with van der Waals surface area (Å²) in [5, 5.41) is 0. The van der Waals surface area contributed by atoms with Crippen LogP contribution < -0.4 is 9.47 Å². The Labute approximate surface area is 171 Å². The quantitative estimate of drug-likeness (QED) is 0.399. The number of benzene rings is 2. The molecular formula is C23H27NO5. The van der Waals surface area contributed by atoms with E-state index < -0.39 is 11.9 Å². The summed E-state index contributed by atoms with van der Waals surface area (Å²) in [4.78, 5) is 37.7. The van der Waals surface area contributed by atoms with Gasteiger partial charge in [0.15, 0.2) is 5.78 Å². The minimum absolute atomic E-state index is 0.154. The summed E-state index contributed by atoms with van der Waals surface area (Å²) in [6.45, 7) is 9.43. The Hall–Kier alpha value is -2.99. The number of ketones is 1. The highest BCUT2D eigenvalue weighted by Crippen LogP contribution is 2.25. The monoisotopic (exact) mass is 397 g/mol. The number of carbonyl (C=O) groups excluding carboxylic acids is 3. The van der Waals surface area contributed by atoms with E-state index in [1.807, 2.05) is 51.1 Å². The fourth-order valence-corrected chi connectivity index (χ4v) is 2.78. The fraction of sp³-hybridized carbons (Fsp3) is 0.348. The first kappa shape index (κ1) is 22.3. The van der Waals surface area contributed by atoms with Gasteiger partial charge in [-0.3, -0.25) is 19.3 Å². The van der Waals surface area contributed by atoms with E-state index in [-0.39, 0.29) is 29.4 Å². The summed E-state index contributed by atoms with van der Waals surface area (Å²) in [6, 6.07) is 14.3. The molecule has 154 valence electrons. The van der Waals surface area contributed by atoms with Crippen LogP contribution in [0.5, 0.6) is 11.5 Å². The first-order chi connectivity index (χ1) is 13.5. The molecule has 0 unspecified atom stereocenters. The lowest BCUT2D eigenvalue weighted by Crippen LogP contribution is -2.43. The smallest absolute Gasteiger partial charge is 0.308 e. The molecule has 0 spiro atoms. The molecule has 6 heteroatoms. The molecule has 6 nitrogen and oxygen atoms in total. The zero-order chi connectivity index (χ0) is 21.6. The van der Waals surface area contributed by atoms with Crippen molar-refractivity contribution in [2.75, 3.05) is 6.54 Å². The van der Waals surface area contributed by atoms with E-state index in [9.17, 15) is 14.4 Å². The van der Waals surface area contributed by atoms with Crippen LogP contribution in [0.4, 0.5) is 0 Å². The minimum atomic E-state index is -0.524. The standard InChI is InChI=1S/C23H27NO5/c1-16(25)28-20-11-19(12-21(13-20)29-17(2)26)22(27)15-24(23(3,4)5)14-18-9-7-6-8-10-18/h6-13H,14-15H2,1-5H3. The molecule has 0 heterocycles. The summed E-state index contributed by atoms with van der Waals surface area (Å²) >= 11 is 0. The van der Waals surface area contributed by atoms with Gasteiger partial charge in [-0.15, -0.1) is 0 Å². The molecule has 0 atom stereocenters. The van der Waals surface area contributed by atoms with Crippen LogP contribution in [-0.2, 0) is 16.1 Å². The van der Waals surface area contributed by atoms with Gasteiger partial charge in [0.2, 0.25) is 0 Å². The Bertz CT molecular complexity index is 850. The molecule has 0 saturated heterocycles. The van der Waals surface area contributed by atoms with Crippen LogP contribution in [0.25, 0.3) is 0 Å². The summed E-state index contributed by atoms with van der Waals surface area (Å²) < 4.78 is 10.2. The highest BCUT2D eigenvalue weighted by Gasteiger charge is 2.25. The molecular weight excluding hydrogens is 370 g/mol. The molecule has 2 aromatic carbocycles. The van der Waals surface area contributed by atoms with Crippen LogP contribution in [0.15, 0.2) is 48.5 Å². The summed E-state index contributed by atoms with van der Waals surface area (Å²) in [5.74, 6) is -0.902. The van der Waals surface area contributed by atoms with Crippen LogP contribution >= 0.6 is 0 Å². The summed E-state index contributed by atoms with van der Waals surface area (Å²) in [7, 11) is 0. The zero-order valence-electron chi connectivity index (χ0n) is 17.5. The second-order valence-corrected chi connectivity index (χ2v) is 7.82. The van der Waals surface area contributed by atoms with Crippen LogP contribution in [0.2, 0.25) is 0 Å². The van der Waals surface area contributed by atoms with E-state index in [1.54, 1.807) is 0 Å². The third-order valence-electron chi connectivity index (χ3n) is 4.22. The van der Waals surface area contributed by atoms with Crippen molar-refractivity contribution in [2.45, 2.75) is 46.7 Å². The zero-order valence-corrected chi connectivity index (χ0v) is 17.5. The normalized spacial score (nSPS) is 11.2. The number of hydrogen-bond donors (Lipinski definition) is 0. The van der Waals surface area contributed by atoms with Gasteiger partial charge in [0, 0.05) is 37.6 Å². The van der Waals surface area contributed by atoms with Crippen LogP contribution in [0.1, 0.15) is 50.5 Å². The minimum Gasteiger partial charge on any atom is -0.427 e. The van der Waals surface area contributed by atoms with Crippen LogP contribution in [0.3, 0.4) is 0 Å². The number of carbonyl (C=O) groups is 3. The fourth-order valence-electron chi connectivity index (χ4n) is 2.78. The van der Waals surface area contributed by atoms with E-state index >= 15 is 0 Å². The van der Waals surface area contributed by atoms with E-state index in [1.165, 1.54) is 32.0 Å². The van der Waals surface area contributed by atoms with E-state index in [4.69, 9.17) is 9.47 Å². The number of nitrogens with zero attached hydrogens (tertiary/aromatic N) is 1. The first-order valence-corrected chi connectivity index (χ1v) is 9.38. The first-order valence-electron chi connectivity index (χ1n) is 9.38. The Morgan fingerprint density at radius 3 is 1.83 bits per heavy atom. The maximum atomic E-state index is 13.0. The van der Waals surface area contributed by atoms with Gasteiger partial charge in [-0.05, 0) is 38.5 Å². The lowest BCUT2D eigenvalue weighted by molar-refractivity contribution is -0.132. The van der Waals surface area contributed by atoms with E-state index in [2.05, 4.69) is 4.90 Å². The number of hydrogen-bond acceptors (Lipinski definition) is 6. The molecule has 0 aliphatic heterocycles. The summed E-state index contributed by atoms with van der Waals surface area (Å²) in [5.41, 5.74) is 1.16. The van der Waals surface area contributed by atoms with Crippen molar-refractivity contribution in [1.29, 1.82) is 0 Å². The van der Waals surface area contributed by atoms with Gasteiger partial charge in [-0.2, -0.15) is 0 Å². The van der Waals surface area contributed by atoms with Gasteiger partial charge in [0.1, 0.15) is 11.5 Å². The highest BCUT2D eigenvalue weighted by molar-refractivity contribution is 5.98. The number of esters is 2. The van der Waals surface area contributed by atoms with E-state index in [0.29, 0.717) is 12.1 Å². The Kier molecular flexibility index (Phi) is 7.29. The molecule has 2 aromatic rings. The molecule has 0 bridgehead atoms. The van der Waals surface area contributed by atoms with Crippen molar-refractivity contribution in [1.82, 2.24) is 4.90 Å². The van der Waals surface area contributed by atoms with Gasteiger partial charge in [-0.1, -0.05) is 30.3 Å². The van der Waals surface area contributed by atoms with Crippen molar-refractivity contribution in [2.24, 2.45) is 0 Å². The van der Waals surface area contributed by atoms with Crippen molar-refractivity contribution in [3.8, 4) is 11.5 Å². The molecule has 2 rings (SSSR count). The van der Waals surface area contributed by atoms with Crippen LogP contribution in [0, 0.1) is 0 Å². The number of ether oxygens (including phenoxy) is 2. The maximum Gasteiger partial charge on any atom is 0.308 e. The summed E-state index contributed by atoms with van der Waals surface area (Å²) in [6.07, 6.45) is 0. The van der Waals surface area contributed by atoms with Crippen molar-refractivity contribution in [3.63, 3.8) is 0 Å². The average Bonchev–Trinajstić information content (AvgIpc) is 2.59. The van der Waals surface area contributed by atoms with Crippen LogP contribution in [-0.4, -0.2) is 34.7 Å². The molecule has 0 aliphatic rings. The second-order valence-electron chi connectivity index (χ2n) is 7.82. The predicted molar refractivity (Wildman–Crippen MR) is 110 cm³/mol. The highest BCUT2D eigenvalue weighted by atomic mass is 16.5. The number of rotatable bonds is 7. The Balaban J connectivity index is 2.29. The molecule has 29 heavy (non-hydrogen) atoms. The Morgan fingerprint density at radius 2 is 1.38 bits per heavy atom. The topological polar surface area (TPSA) is 72.9 Å². The van der Waals surface area contributed by atoms with E-state index in [0.717, 1.165) is 5.56 Å². The van der Waals surface area contributed by atoms with Gasteiger partial charge in [0.25, 0.3) is 0 Å². The molecule has 0 fully saturated rings. The van der Waals surface area contributed by atoms with Gasteiger partial charge >= 0.3 is 11.9 Å². The second kappa shape index (κ2) is 9.47. The maximum absolute atomic E-state index is 13.0. The third kappa shape index (κ3) is 7.16. The average molecular weight is 397 g/mol. The number of Topliss-reactive ketones (excluding diaryl/α,β-unsaturated/α-hetero) is 1. The molecule has 0 amide bonds. The molecule has 0 aliphatic carbocycles. The third-order valence-corrected chi connectivity index (χ3v) is 4.22. The Morgan fingerprint density at radius 1 is 0.862 bits per heavy atom. The molecule has 0 saturated carbocycles. The molecule has 0 radical (unpaired) electrons. The SMILES string of the molecule is CC(=O)Oc1cc(OC(C)=O)cc(C(=O)CN(Cc2ccccc2)C(C)(C)C)c1. The predicted octanol–water partition coefficient (Wildman–Crippen LogP) is 4.02. The van der Waals surface area contributed by atoms with Crippen molar-refractivity contribution < 1.29 is 23.9 Å². The lowest BCUT2D eigenvalue weighted by atomic mass is 10.0. The molecule has 0 N–H and O–H groups in total. The molecule has 0 aromatic heterocycles.